The van der Waals surface area contributed by atoms with Gasteiger partial charge in [-0.25, -0.2) is 8.42 Å². The lowest BCUT2D eigenvalue weighted by Gasteiger charge is -2.33. The summed E-state index contributed by atoms with van der Waals surface area (Å²) in [5.74, 6) is -0.0823. The molecule has 0 aliphatic carbocycles. The van der Waals surface area contributed by atoms with Crippen LogP contribution in [0.15, 0.2) is 53.9 Å². The van der Waals surface area contributed by atoms with Crippen LogP contribution in [-0.4, -0.2) is 49.7 Å². The number of sulfonamides is 1. The van der Waals surface area contributed by atoms with E-state index in [9.17, 15) is 13.2 Å². The Morgan fingerprint density at radius 3 is 2.32 bits per heavy atom. The third-order valence-electron chi connectivity index (χ3n) is 4.54. The lowest BCUT2D eigenvalue weighted by atomic mass is 10.1. The first-order valence-corrected chi connectivity index (χ1v) is 11.1. The van der Waals surface area contributed by atoms with Crippen LogP contribution in [0.4, 0.5) is 0 Å². The first-order chi connectivity index (χ1) is 13.3. The fourth-order valence-electron chi connectivity index (χ4n) is 2.95. The zero-order valence-corrected chi connectivity index (χ0v) is 17.4. The summed E-state index contributed by atoms with van der Waals surface area (Å²) >= 11 is 12.0. The highest BCUT2D eigenvalue weighted by atomic mass is 35.5. The molecule has 28 heavy (non-hydrogen) atoms. The molecule has 1 saturated heterocycles. The number of hydrogen-bond donors (Lipinski definition) is 0. The fraction of sp³-hybridized carbons (Fsp3) is 0.250. The van der Waals surface area contributed by atoms with Crippen LogP contribution in [0.5, 0.6) is 0 Å². The van der Waals surface area contributed by atoms with Gasteiger partial charge in [0.2, 0.25) is 15.9 Å². The van der Waals surface area contributed by atoms with Gasteiger partial charge in [0, 0.05) is 41.6 Å². The first kappa shape index (κ1) is 20.9. The molecule has 8 heteroatoms. The summed E-state index contributed by atoms with van der Waals surface area (Å²) in [5.41, 5.74) is 1.52. The Morgan fingerprint density at radius 2 is 1.68 bits per heavy atom. The van der Waals surface area contributed by atoms with Crippen molar-refractivity contribution < 1.29 is 13.2 Å². The summed E-state index contributed by atoms with van der Waals surface area (Å²) in [5, 5.41) is 2.18. The van der Waals surface area contributed by atoms with Crippen LogP contribution >= 0.6 is 23.2 Å². The normalized spacial score (nSPS) is 15.9. The molecule has 0 aromatic heterocycles. The minimum Gasteiger partial charge on any atom is -0.340 e. The average Bonchev–Trinajstić information content (AvgIpc) is 2.69. The van der Waals surface area contributed by atoms with Gasteiger partial charge in [0.05, 0.1) is 6.42 Å². The molecule has 0 bridgehead atoms. The SMILES string of the molecule is O=C(Cc1ccc(Cl)cc1Cl)N1CCN(S(=O)(=O)C=Cc2ccccc2)CC1. The van der Waals surface area contributed by atoms with Crippen LogP contribution in [0.25, 0.3) is 6.08 Å². The molecule has 1 aliphatic rings. The Kier molecular flexibility index (Phi) is 6.78. The number of benzene rings is 2. The standard InChI is InChI=1S/C20H20Cl2N2O3S/c21-18-7-6-17(19(22)15-18)14-20(25)23-9-11-24(12-10-23)28(26,27)13-8-16-4-2-1-3-5-16/h1-8,13,15H,9-12,14H2. The molecular formula is C20H20Cl2N2O3S. The maximum Gasteiger partial charge on any atom is 0.236 e. The van der Waals surface area contributed by atoms with Crippen LogP contribution in [0, 0.1) is 0 Å². The van der Waals surface area contributed by atoms with E-state index >= 15 is 0 Å². The second-order valence-electron chi connectivity index (χ2n) is 6.45. The monoisotopic (exact) mass is 438 g/mol. The summed E-state index contributed by atoms with van der Waals surface area (Å²) < 4.78 is 26.4. The van der Waals surface area contributed by atoms with Crippen molar-refractivity contribution in [3.63, 3.8) is 0 Å². The summed E-state index contributed by atoms with van der Waals surface area (Å²) in [6.07, 6.45) is 1.74. The summed E-state index contributed by atoms with van der Waals surface area (Å²) in [6, 6.07) is 14.3. The molecule has 1 fully saturated rings. The predicted octanol–water partition coefficient (Wildman–Crippen LogP) is 3.68. The summed E-state index contributed by atoms with van der Waals surface area (Å²) in [6.45, 7) is 1.23. The van der Waals surface area contributed by atoms with E-state index in [1.165, 1.54) is 9.71 Å². The molecule has 0 atom stereocenters. The molecule has 148 valence electrons. The highest BCUT2D eigenvalue weighted by Crippen LogP contribution is 2.22. The number of carbonyl (C=O) groups is 1. The van der Waals surface area contributed by atoms with Crippen LogP contribution in [-0.2, 0) is 21.2 Å². The predicted molar refractivity (Wildman–Crippen MR) is 113 cm³/mol. The molecule has 0 radical (unpaired) electrons. The number of halogens is 2. The van der Waals surface area contributed by atoms with E-state index in [0.717, 1.165) is 5.56 Å². The number of carbonyl (C=O) groups excluding carboxylic acids is 1. The Hall–Kier alpha value is -1.86. The van der Waals surface area contributed by atoms with Crippen LogP contribution in [0.3, 0.4) is 0 Å². The lowest BCUT2D eigenvalue weighted by molar-refractivity contribution is -0.131. The zero-order chi connectivity index (χ0) is 20.1. The van der Waals surface area contributed by atoms with Crippen molar-refractivity contribution in [3.05, 3.63) is 75.1 Å². The number of piperazine rings is 1. The van der Waals surface area contributed by atoms with E-state index < -0.39 is 10.0 Å². The molecule has 0 N–H and O–H groups in total. The maximum absolute atomic E-state index is 12.5. The third-order valence-corrected chi connectivity index (χ3v) is 6.69. The van der Waals surface area contributed by atoms with Crippen LogP contribution in [0.1, 0.15) is 11.1 Å². The first-order valence-electron chi connectivity index (χ1n) is 8.80. The minimum atomic E-state index is -3.52. The summed E-state index contributed by atoms with van der Waals surface area (Å²) in [7, 11) is -3.52. The van der Waals surface area contributed by atoms with Crippen LogP contribution < -0.4 is 0 Å². The Bertz CT molecular complexity index is 970. The van der Waals surface area contributed by atoms with Crippen molar-refractivity contribution in [3.8, 4) is 0 Å². The van der Waals surface area contributed by atoms with Gasteiger partial charge >= 0.3 is 0 Å². The smallest absolute Gasteiger partial charge is 0.236 e. The highest BCUT2D eigenvalue weighted by molar-refractivity contribution is 7.92. The van der Waals surface area contributed by atoms with Crippen molar-refractivity contribution in [2.45, 2.75) is 6.42 Å². The molecule has 0 unspecified atom stereocenters. The van der Waals surface area contributed by atoms with E-state index in [4.69, 9.17) is 23.2 Å². The van der Waals surface area contributed by atoms with Gasteiger partial charge in [-0.3, -0.25) is 4.79 Å². The molecule has 1 amide bonds. The lowest BCUT2D eigenvalue weighted by Crippen LogP contribution is -2.50. The van der Waals surface area contributed by atoms with Crippen molar-refractivity contribution >= 4 is 45.2 Å². The quantitative estimate of drug-likeness (QED) is 0.714. The van der Waals surface area contributed by atoms with E-state index in [0.29, 0.717) is 28.7 Å². The van der Waals surface area contributed by atoms with Crippen molar-refractivity contribution in [2.75, 3.05) is 26.2 Å². The van der Waals surface area contributed by atoms with Gasteiger partial charge in [-0.15, -0.1) is 0 Å². The minimum absolute atomic E-state index is 0.0823. The van der Waals surface area contributed by atoms with Gasteiger partial charge in [0.1, 0.15) is 0 Å². The van der Waals surface area contributed by atoms with E-state index in [1.54, 1.807) is 29.2 Å². The molecule has 1 aliphatic heterocycles. The second-order valence-corrected chi connectivity index (χ2v) is 9.11. The van der Waals surface area contributed by atoms with Gasteiger partial charge in [0.25, 0.3) is 0 Å². The van der Waals surface area contributed by atoms with Crippen molar-refractivity contribution in [1.29, 1.82) is 0 Å². The Balaban J connectivity index is 1.57. The average molecular weight is 439 g/mol. The summed E-state index contributed by atoms with van der Waals surface area (Å²) in [4.78, 5) is 14.2. The third kappa shape index (κ3) is 5.35. The topological polar surface area (TPSA) is 57.7 Å². The molecular weight excluding hydrogens is 419 g/mol. The number of amides is 1. The molecule has 0 spiro atoms. The van der Waals surface area contributed by atoms with E-state index in [2.05, 4.69) is 0 Å². The number of hydrogen-bond acceptors (Lipinski definition) is 3. The van der Waals surface area contributed by atoms with E-state index in [-0.39, 0.29) is 25.4 Å². The van der Waals surface area contributed by atoms with Crippen molar-refractivity contribution in [1.82, 2.24) is 9.21 Å². The number of rotatable bonds is 5. The molecule has 2 aromatic rings. The maximum atomic E-state index is 12.5. The highest BCUT2D eigenvalue weighted by Gasteiger charge is 2.27. The second kappa shape index (κ2) is 9.09. The Morgan fingerprint density at radius 1 is 1.00 bits per heavy atom. The molecule has 0 saturated carbocycles. The van der Waals surface area contributed by atoms with Crippen molar-refractivity contribution in [2.24, 2.45) is 0 Å². The van der Waals surface area contributed by atoms with Gasteiger partial charge < -0.3 is 4.90 Å². The number of nitrogens with zero attached hydrogens (tertiary/aromatic N) is 2. The molecule has 1 heterocycles. The van der Waals surface area contributed by atoms with Crippen LogP contribution in [0.2, 0.25) is 10.0 Å². The largest absolute Gasteiger partial charge is 0.340 e. The fourth-order valence-corrected chi connectivity index (χ4v) is 4.60. The molecule has 3 rings (SSSR count). The van der Waals surface area contributed by atoms with Gasteiger partial charge in [0.15, 0.2) is 0 Å². The van der Waals surface area contributed by atoms with Gasteiger partial charge in [-0.1, -0.05) is 59.6 Å². The molecule has 2 aromatic carbocycles. The van der Waals surface area contributed by atoms with Gasteiger partial charge in [-0.05, 0) is 29.3 Å². The molecule has 5 nitrogen and oxygen atoms in total. The van der Waals surface area contributed by atoms with Gasteiger partial charge in [-0.2, -0.15) is 4.31 Å². The zero-order valence-electron chi connectivity index (χ0n) is 15.1. The Labute approximate surface area is 175 Å². The van der Waals surface area contributed by atoms with E-state index in [1.807, 2.05) is 30.3 Å².